The van der Waals surface area contributed by atoms with Gasteiger partial charge in [-0.2, -0.15) is 13.2 Å². The van der Waals surface area contributed by atoms with Gasteiger partial charge >= 0.3 is 6.18 Å². The van der Waals surface area contributed by atoms with Crippen molar-refractivity contribution in [2.75, 3.05) is 0 Å². The highest BCUT2D eigenvalue weighted by molar-refractivity contribution is 6.69. The summed E-state index contributed by atoms with van der Waals surface area (Å²) in [6, 6.07) is 3.81. The molecule has 3 aliphatic rings. The van der Waals surface area contributed by atoms with E-state index in [1.54, 1.807) is 45.6 Å². The van der Waals surface area contributed by atoms with Crippen LogP contribution in [0.5, 0.6) is 0 Å². The number of rotatable bonds is 4. The number of hydrogen-bond donors (Lipinski definition) is 0. The summed E-state index contributed by atoms with van der Waals surface area (Å²) in [4.78, 5) is 25.3. The van der Waals surface area contributed by atoms with E-state index in [1.165, 1.54) is 0 Å². The fraction of sp³-hybridized carbons (Fsp3) is 0.481. The second kappa shape index (κ2) is 8.45. The van der Waals surface area contributed by atoms with Crippen molar-refractivity contribution in [1.82, 2.24) is 0 Å². The Morgan fingerprint density at radius 1 is 1.03 bits per heavy atom. The molecule has 0 aliphatic heterocycles. The molecule has 7 heteroatoms. The van der Waals surface area contributed by atoms with E-state index < -0.39 is 20.1 Å². The Balaban J connectivity index is 1.77. The number of fused-ring (bicyclic) bond motifs is 2. The summed E-state index contributed by atoms with van der Waals surface area (Å²) < 4.78 is 48.7. The van der Waals surface area contributed by atoms with Crippen LogP contribution in [0.1, 0.15) is 57.1 Å². The first kappa shape index (κ1) is 24.9. The van der Waals surface area contributed by atoms with Gasteiger partial charge in [0.05, 0.1) is 0 Å². The van der Waals surface area contributed by atoms with Gasteiger partial charge in [0.2, 0.25) is 0 Å². The summed E-state index contributed by atoms with van der Waals surface area (Å²) in [5.41, 5.74) is 1.29. The lowest BCUT2D eigenvalue weighted by Crippen LogP contribution is -2.55. The lowest BCUT2D eigenvalue weighted by atomic mass is 9.73. The molecule has 0 N–H and O–H groups in total. The molecule has 2 atom stereocenters. The van der Waals surface area contributed by atoms with Gasteiger partial charge in [-0.15, -0.1) is 0 Å². The van der Waals surface area contributed by atoms with Crippen LogP contribution in [0.15, 0.2) is 23.3 Å². The van der Waals surface area contributed by atoms with E-state index in [-0.39, 0.29) is 36.7 Å². The van der Waals surface area contributed by atoms with Crippen molar-refractivity contribution in [2.45, 2.75) is 77.4 Å². The number of carbonyl (C=O) groups is 2. The molecule has 1 fully saturated rings. The van der Waals surface area contributed by atoms with Crippen LogP contribution in [0.25, 0.3) is 23.8 Å². The third kappa shape index (κ3) is 4.65. The van der Waals surface area contributed by atoms with Crippen LogP contribution in [-0.4, -0.2) is 31.7 Å². The van der Waals surface area contributed by atoms with Crippen LogP contribution in [0.4, 0.5) is 13.2 Å². The van der Waals surface area contributed by atoms with Crippen LogP contribution in [-0.2, 0) is 14.0 Å². The molecule has 3 aliphatic carbocycles. The number of benzene rings is 1. The highest BCUT2D eigenvalue weighted by atomic mass is 28.4. The summed E-state index contributed by atoms with van der Waals surface area (Å²) in [7, 11) is -2.46. The molecule has 3 nitrogen and oxygen atoms in total. The maximum atomic E-state index is 14.3. The molecule has 1 aromatic carbocycles. The van der Waals surface area contributed by atoms with E-state index in [1.807, 2.05) is 18.2 Å². The van der Waals surface area contributed by atoms with E-state index in [0.717, 1.165) is 21.6 Å². The topological polar surface area (TPSA) is 43.4 Å². The quantitative estimate of drug-likeness (QED) is 0.539. The molecule has 0 heterocycles. The maximum Gasteiger partial charge on any atom is 0.416 e. The number of hydrogen-bond acceptors (Lipinski definition) is 3. The molecule has 4 rings (SSSR count). The van der Waals surface area contributed by atoms with Crippen molar-refractivity contribution >= 4 is 43.7 Å². The van der Waals surface area contributed by atoms with Crippen LogP contribution < -0.4 is 10.4 Å². The van der Waals surface area contributed by atoms with Gasteiger partial charge in [-0.25, -0.2) is 0 Å². The number of alkyl halides is 3. The third-order valence-corrected chi connectivity index (χ3v) is 7.96. The van der Waals surface area contributed by atoms with Crippen molar-refractivity contribution in [3.63, 3.8) is 0 Å². The average molecular weight is 489 g/mol. The first-order valence-electron chi connectivity index (χ1n) is 11.8. The number of halogens is 3. The highest BCUT2D eigenvalue weighted by Crippen LogP contribution is 2.49. The van der Waals surface area contributed by atoms with Gasteiger partial charge in [-0.3, -0.25) is 9.59 Å². The van der Waals surface area contributed by atoms with E-state index in [0.29, 0.717) is 29.6 Å². The summed E-state index contributed by atoms with van der Waals surface area (Å²) in [5.74, 6) is -0.457. The standard InChI is InChI=1S/C27H31F3O3Si/c1-16-9-19-13-22-21(12-20(19)14-24(16)31)10-17(2)25(32)23(22)11-18-7-6-8-26(15-18,27(28,29)30)33-34(3,4)5/h9-10,12-14,18H,6-8,11,15H2,1-5H3. The van der Waals surface area contributed by atoms with Crippen LogP contribution in [0.2, 0.25) is 19.6 Å². The second-order valence-corrected chi connectivity index (χ2v) is 15.3. The number of Topliss-reactive ketones (excluding diaryl/α,β-unsaturated/α-hetero) is 2. The SMILES string of the molecule is CC1=Cc2cc3c(cc2=CC1=O)C=C(C)C(=O)C=3CC1CCCC(O[Si](C)(C)C)(C(F)(F)F)C1. The Labute approximate surface area is 199 Å². The molecule has 0 amide bonds. The number of allylic oxidation sites excluding steroid dienone is 2. The minimum Gasteiger partial charge on any atom is -0.404 e. The van der Waals surface area contributed by atoms with E-state index >= 15 is 0 Å². The Kier molecular flexibility index (Phi) is 6.18. The zero-order valence-electron chi connectivity index (χ0n) is 20.4. The molecule has 0 radical (unpaired) electrons. The number of carbonyl (C=O) groups excluding carboxylic acids is 2. The molecule has 2 unspecified atom stereocenters. The minimum absolute atomic E-state index is 0.0302. The van der Waals surface area contributed by atoms with Crippen molar-refractivity contribution < 1.29 is 27.2 Å². The fourth-order valence-corrected chi connectivity index (χ4v) is 6.98. The largest absolute Gasteiger partial charge is 0.416 e. The highest BCUT2D eigenvalue weighted by Gasteiger charge is 2.58. The Morgan fingerprint density at radius 2 is 1.71 bits per heavy atom. The van der Waals surface area contributed by atoms with Crippen molar-refractivity contribution in [3.05, 3.63) is 44.8 Å². The van der Waals surface area contributed by atoms with Gasteiger partial charge in [0.25, 0.3) is 0 Å². The van der Waals surface area contributed by atoms with Gasteiger partial charge in [0, 0.05) is 5.57 Å². The predicted molar refractivity (Wildman–Crippen MR) is 131 cm³/mol. The predicted octanol–water partition coefficient (Wildman–Crippen LogP) is 5.32. The number of ketones is 2. The first-order chi connectivity index (χ1) is 15.7. The second-order valence-electron chi connectivity index (χ2n) is 10.9. The lowest BCUT2D eigenvalue weighted by molar-refractivity contribution is -0.266. The Bertz CT molecular complexity index is 1250. The smallest absolute Gasteiger partial charge is 0.404 e. The van der Waals surface area contributed by atoms with Crippen molar-refractivity contribution in [1.29, 1.82) is 0 Å². The zero-order chi connectivity index (χ0) is 25.1. The Morgan fingerprint density at radius 3 is 2.35 bits per heavy atom. The Hall–Kier alpha value is -2.25. The molecule has 0 saturated heterocycles. The van der Waals surface area contributed by atoms with Gasteiger partial charge in [0.1, 0.15) is 0 Å². The lowest BCUT2D eigenvalue weighted by Gasteiger charge is -2.45. The van der Waals surface area contributed by atoms with Crippen LogP contribution >= 0.6 is 0 Å². The molecular weight excluding hydrogens is 457 g/mol. The van der Waals surface area contributed by atoms with Gasteiger partial charge in [-0.05, 0) is 135 Å². The minimum atomic E-state index is -4.45. The maximum absolute atomic E-state index is 14.3. The zero-order valence-corrected chi connectivity index (χ0v) is 21.4. The normalized spacial score (nSPS) is 25.3. The van der Waals surface area contributed by atoms with Gasteiger partial charge in [-0.1, -0.05) is 0 Å². The first-order valence-corrected chi connectivity index (χ1v) is 15.2. The molecule has 34 heavy (non-hydrogen) atoms. The molecule has 0 aromatic heterocycles. The third-order valence-electron chi connectivity index (χ3n) is 6.95. The summed E-state index contributed by atoms with van der Waals surface area (Å²) >= 11 is 0. The molecule has 0 spiro atoms. The van der Waals surface area contributed by atoms with Gasteiger partial charge < -0.3 is 4.43 Å². The molecule has 0 bridgehead atoms. The summed E-state index contributed by atoms with van der Waals surface area (Å²) in [6.07, 6.45) is 1.94. The fourth-order valence-electron chi connectivity index (χ4n) is 5.51. The molecule has 1 saturated carbocycles. The van der Waals surface area contributed by atoms with Gasteiger partial charge in [0.15, 0.2) is 25.5 Å². The van der Waals surface area contributed by atoms with Crippen molar-refractivity contribution in [3.8, 4) is 0 Å². The monoisotopic (exact) mass is 488 g/mol. The summed E-state index contributed by atoms with van der Waals surface area (Å²) in [5, 5.41) is 1.56. The van der Waals surface area contributed by atoms with E-state index in [4.69, 9.17) is 4.43 Å². The summed E-state index contributed by atoms with van der Waals surface area (Å²) in [6.45, 7) is 8.84. The van der Waals surface area contributed by atoms with Crippen molar-refractivity contribution in [2.24, 2.45) is 5.92 Å². The molecule has 1 aromatic rings. The van der Waals surface area contributed by atoms with Crippen LogP contribution in [0.3, 0.4) is 0 Å². The van der Waals surface area contributed by atoms with E-state index in [9.17, 15) is 22.8 Å². The average Bonchev–Trinajstić information content (AvgIpc) is 2.70. The van der Waals surface area contributed by atoms with Crippen LogP contribution in [0, 0.1) is 5.92 Å². The molecule has 182 valence electrons. The molecular formula is C27H31F3O3Si. The van der Waals surface area contributed by atoms with E-state index in [2.05, 4.69) is 0 Å².